The molecule has 0 aliphatic heterocycles. The Morgan fingerprint density at radius 1 is 0.929 bits per heavy atom. The molecule has 0 saturated carbocycles. The molecular formula is C18H19NO2S7. The number of amides is 1. The van der Waals surface area contributed by atoms with Gasteiger partial charge in [0.1, 0.15) is 0 Å². The number of hydrogen-bond donors (Lipinski definition) is 1. The van der Waals surface area contributed by atoms with Gasteiger partial charge in [-0.1, -0.05) is 57.2 Å². The molecule has 28 heavy (non-hydrogen) atoms. The predicted octanol–water partition coefficient (Wildman–Crippen LogP) is 4.13. The van der Waals surface area contributed by atoms with Crippen LogP contribution in [-0.4, -0.2) is 12.2 Å². The van der Waals surface area contributed by atoms with Gasteiger partial charge in [0.25, 0.3) is 0 Å². The Kier molecular flexibility index (Phi) is 12.0. The Bertz CT molecular complexity index is 1010. The minimum atomic E-state index is -0.511. The van der Waals surface area contributed by atoms with Crippen LogP contribution in [0.3, 0.4) is 0 Å². The summed E-state index contributed by atoms with van der Waals surface area (Å²) in [6.45, 7) is 5.51. The van der Waals surface area contributed by atoms with Crippen LogP contribution in [0.5, 0.6) is 0 Å². The van der Waals surface area contributed by atoms with Gasteiger partial charge in [-0.15, -0.1) is 0 Å². The summed E-state index contributed by atoms with van der Waals surface area (Å²) in [7, 11) is 7.36. The minimum Gasteiger partial charge on any atom is -0.325 e. The van der Waals surface area contributed by atoms with Crippen LogP contribution in [0.25, 0.3) is 11.1 Å². The standard InChI is InChI=1S/C18H19NO2.S7/c1-18(2,3)17(21)19-16-11-14(9-10-15(16)12-20)13-7-5-4-6-8-13;1-3-5-7-6-4-2/h4-12H,1-3H3,(H,19,21);. The lowest BCUT2D eigenvalue weighted by Crippen LogP contribution is -2.28. The zero-order valence-electron chi connectivity index (χ0n) is 15.4. The molecule has 0 aromatic heterocycles. The molecule has 2 rings (SSSR count). The van der Waals surface area contributed by atoms with Gasteiger partial charge in [-0.2, -0.15) is 0 Å². The average molecular weight is 506 g/mol. The molecule has 1 N–H and O–H groups in total. The maximum atomic E-state index is 12.1. The molecule has 0 heterocycles. The van der Waals surface area contributed by atoms with Crippen LogP contribution in [0.15, 0.2) is 48.5 Å². The molecule has 0 atom stereocenters. The predicted molar refractivity (Wildman–Crippen MR) is 137 cm³/mol. The number of hydrogen-bond acceptors (Lipinski definition) is 4. The minimum absolute atomic E-state index is 0.115. The van der Waals surface area contributed by atoms with E-state index in [1.54, 1.807) is 32.7 Å². The van der Waals surface area contributed by atoms with E-state index in [1.165, 1.54) is 17.8 Å². The van der Waals surface area contributed by atoms with Crippen molar-refractivity contribution in [2.75, 3.05) is 5.32 Å². The van der Waals surface area contributed by atoms with Gasteiger partial charge < -0.3 is 5.32 Å². The van der Waals surface area contributed by atoms with Crippen molar-refractivity contribution in [1.82, 2.24) is 0 Å². The summed E-state index contributed by atoms with van der Waals surface area (Å²) in [5.41, 5.74) is 2.52. The average Bonchev–Trinajstić information content (AvgIpc) is 2.69. The van der Waals surface area contributed by atoms with E-state index >= 15 is 0 Å². The van der Waals surface area contributed by atoms with Gasteiger partial charge in [0.15, 0.2) is 6.29 Å². The van der Waals surface area contributed by atoms with Crippen LogP contribution in [-0.2, 0) is 71.6 Å². The molecule has 0 unspecified atom stereocenters. The van der Waals surface area contributed by atoms with Crippen molar-refractivity contribution in [3.63, 3.8) is 0 Å². The second-order valence-corrected chi connectivity index (χ2v) is 15.2. The van der Waals surface area contributed by atoms with Gasteiger partial charge in [-0.25, -0.2) is 0 Å². The van der Waals surface area contributed by atoms with E-state index in [9.17, 15) is 9.59 Å². The highest BCUT2D eigenvalue weighted by molar-refractivity contribution is 8.68. The number of carbonyl (C=O) groups is 2. The first-order valence-corrected chi connectivity index (χ1v) is 15.9. The summed E-state index contributed by atoms with van der Waals surface area (Å²) in [5.74, 6) is -0.115. The molecule has 10 heteroatoms. The van der Waals surface area contributed by atoms with Gasteiger partial charge in [0.2, 0.25) is 5.91 Å². The molecule has 0 aliphatic carbocycles. The summed E-state index contributed by atoms with van der Waals surface area (Å²) in [5, 5.41) is 2.84. The summed E-state index contributed by atoms with van der Waals surface area (Å²) in [6, 6.07) is 15.3. The van der Waals surface area contributed by atoms with E-state index < -0.39 is 5.41 Å². The topological polar surface area (TPSA) is 46.2 Å². The number of carbonyl (C=O) groups excluding carboxylic acids is 2. The molecule has 2 aromatic carbocycles. The van der Waals surface area contributed by atoms with Crippen molar-refractivity contribution in [3.8, 4) is 11.1 Å². The second-order valence-electron chi connectivity index (χ2n) is 6.33. The molecule has 2 aromatic rings. The Hall–Kier alpha value is -0.880. The largest absolute Gasteiger partial charge is 0.325 e. The third-order valence-corrected chi connectivity index (χ3v) is 12.2. The highest BCUT2D eigenvalue weighted by Gasteiger charge is 2.22. The second kappa shape index (κ2) is 13.4. The zero-order chi connectivity index (χ0) is 21.0. The molecule has 0 radical (unpaired) electrons. The third-order valence-electron chi connectivity index (χ3n) is 3.33. The fourth-order valence-electron chi connectivity index (χ4n) is 1.92. The van der Waals surface area contributed by atoms with E-state index in [0.717, 1.165) is 17.4 Å². The summed E-state index contributed by atoms with van der Waals surface area (Å²) < 4.78 is 0. The maximum absolute atomic E-state index is 12.1. The monoisotopic (exact) mass is 505 g/mol. The SMILES string of the molecule is CC(C)(C)C(=O)Nc1cc(-c2ccccc2)ccc1C=O.S=S=S=S=S=S=S. The molecule has 150 valence electrons. The fourth-order valence-corrected chi connectivity index (χ4v) is 10.2. The Morgan fingerprint density at radius 2 is 1.54 bits per heavy atom. The smallest absolute Gasteiger partial charge is 0.229 e. The van der Waals surface area contributed by atoms with Crippen molar-refractivity contribution in [3.05, 3.63) is 54.1 Å². The van der Waals surface area contributed by atoms with Gasteiger partial charge in [-0.05, 0) is 23.3 Å². The van der Waals surface area contributed by atoms with Crippen LogP contribution in [0, 0.1) is 5.41 Å². The van der Waals surface area contributed by atoms with Gasteiger partial charge in [-0.3, -0.25) is 9.59 Å². The number of benzene rings is 2. The molecule has 0 aliphatic rings. The summed E-state index contributed by atoms with van der Waals surface area (Å²) >= 11 is 9.14. The maximum Gasteiger partial charge on any atom is 0.229 e. The number of nitrogens with one attached hydrogen (secondary N) is 1. The van der Waals surface area contributed by atoms with Gasteiger partial charge in [0, 0.05) is 77.8 Å². The Labute approximate surface area is 189 Å². The van der Waals surface area contributed by atoms with Crippen LogP contribution in [0.1, 0.15) is 31.1 Å². The van der Waals surface area contributed by atoms with E-state index in [-0.39, 0.29) is 5.91 Å². The van der Waals surface area contributed by atoms with Gasteiger partial charge >= 0.3 is 0 Å². The highest BCUT2D eigenvalue weighted by atomic mass is 33.4. The van der Waals surface area contributed by atoms with Crippen LogP contribution >= 0.6 is 0 Å². The van der Waals surface area contributed by atoms with E-state index in [1.807, 2.05) is 63.2 Å². The Morgan fingerprint density at radius 3 is 2.04 bits per heavy atom. The first-order valence-electron chi connectivity index (χ1n) is 7.88. The zero-order valence-corrected chi connectivity index (χ0v) is 21.1. The lowest BCUT2D eigenvalue weighted by molar-refractivity contribution is -0.123. The summed E-state index contributed by atoms with van der Waals surface area (Å²) in [4.78, 5) is 23.3. The first-order chi connectivity index (χ1) is 13.3. The molecule has 3 nitrogen and oxygen atoms in total. The molecular weight excluding hydrogens is 487 g/mol. The first kappa shape index (κ1) is 25.2. The molecule has 1 amide bonds. The van der Waals surface area contributed by atoms with Crippen molar-refractivity contribution >= 4 is 84.7 Å². The Balaban J connectivity index is 0.000000480. The number of rotatable bonds is 3. The van der Waals surface area contributed by atoms with E-state index in [2.05, 4.69) is 27.7 Å². The van der Waals surface area contributed by atoms with Crippen LogP contribution in [0.2, 0.25) is 0 Å². The molecule has 0 bridgehead atoms. The van der Waals surface area contributed by atoms with Crippen LogP contribution in [0.4, 0.5) is 5.69 Å². The quantitative estimate of drug-likeness (QED) is 0.637. The van der Waals surface area contributed by atoms with Crippen molar-refractivity contribution in [2.45, 2.75) is 20.8 Å². The fraction of sp³-hybridized carbons (Fsp3) is 0.222. The van der Waals surface area contributed by atoms with Crippen LogP contribution < -0.4 is 5.32 Å². The molecule has 0 fully saturated rings. The lowest BCUT2D eigenvalue weighted by atomic mass is 9.95. The van der Waals surface area contributed by atoms with Gasteiger partial charge in [0.05, 0.1) is 5.69 Å². The van der Waals surface area contributed by atoms with E-state index in [0.29, 0.717) is 11.3 Å². The summed E-state index contributed by atoms with van der Waals surface area (Å²) in [6.07, 6.45) is 0.757. The third kappa shape index (κ3) is 9.08. The molecule has 0 saturated heterocycles. The number of aldehydes is 1. The van der Waals surface area contributed by atoms with Crippen molar-refractivity contribution in [1.29, 1.82) is 0 Å². The normalized spacial score (nSPS) is 9.82. The highest BCUT2D eigenvalue weighted by Crippen LogP contribution is 2.26. The van der Waals surface area contributed by atoms with Crippen molar-refractivity contribution in [2.24, 2.45) is 5.41 Å². The van der Waals surface area contributed by atoms with Crippen molar-refractivity contribution < 1.29 is 9.59 Å². The molecule has 0 spiro atoms. The number of anilines is 1. The van der Waals surface area contributed by atoms with E-state index in [4.69, 9.17) is 0 Å². The lowest BCUT2D eigenvalue weighted by Gasteiger charge is -2.19.